The molecule has 0 unspecified atom stereocenters. The predicted molar refractivity (Wildman–Crippen MR) is 96.1 cm³/mol. The number of aliphatic carboxylic acids is 1. The minimum atomic E-state index is -1.28. The van der Waals surface area contributed by atoms with Gasteiger partial charge in [0.25, 0.3) is 5.91 Å². The fourth-order valence-corrected chi connectivity index (χ4v) is 4.18. The number of aliphatic hydroxyl groups is 1. The van der Waals surface area contributed by atoms with Gasteiger partial charge in [0, 0.05) is 18.7 Å². The van der Waals surface area contributed by atoms with Gasteiger partial charge in [-0.15, -0.1) is 0 Å². The molecule has 146 valence electrons. The van der Waals surface area contributed by atoms with Gasteiger partial charge in [-0.1, -0.05) is 12.8 Å². The number of carboxylic acid groups (broad SMARTS) is 1. The van der Waals surface area contributed by atoms with E-state index in [1.165, 1.54) is 0 Å². The van der Waals surface area contributed by atoms with Crippen LogP contribution in [0.2, 0.25) is 0 Å². The average Bonchev–Trinajstić information content (AvgIpc) is 3.46. The minimum Gasteiger partial charge on any atom is -0.486 e. The third kappa shape index (κ3) is 3.25. The maximum absolute atomic E-state index is 13.2. The Balaban J connectivity index is 1.61. The summed E-state index contributed by atoms with van der Waals surface area (Å²) in [5.74, 6) is 0.255. The summed E-state index contributed by atoms with van der Waals surface area (Å²) < 4.78 is 11.1. The largest absolute Gasteiger partial charge is 0.486 e. The van der Waals surface area contributed by atoms with E-state index in [-0.39, 0.29) is 18.9 Å². The van der Waals surface area contributed by atoms with Crippen LogP contribution in [-0.4, -0.2) is 59.4 Å². The standard InChI is InChI=1S/C20H25NO6/c1-12-8-15-16(27-7-6-26-15)9-14(12)18(23)21-5-4-17(22)20(11-21,19(24)25)10-13-2-3-13/h8-9,13,17,22H,2-7,10-11H2,1H3,(H,24,25)/t17-,20+/m0/s1. The number of aryl methyl sites for hydroxylation is 1. The van der Waals surface area contributed by atoms with Crippen molar-refractivity contribution in [2.45, 2.75) is 38.7 Å². The van der Waals surface area contributed by atoms with E-state index in [1.807, 2.05) is 6.92 Å². The lowest BCUT2D eigenvalue weighted by Crippen LogP contribution is -2.57. The lowest BCUT2D eigenvalue weighted by atomic mass is 9.73. The Morgan fingerprint density at radius 1 is 1.19 bits per heavy atom. The molecule has 7 heteroatoms. The second-order valence-corrected chi connectivity index (χ2v) is 7.95. The summed E-state index contributed by atoms with van der Waals surface area (Å²) in [6.45, 7) is 3.12. The molecule has 1 aromatic carbocycles. The highest BCUT2D eigenvalue weighted by Crippen LogP contribution is 2.45. The highest BCUT2D eigenvalue weighted by atomic mass is 16.6. The van der Waals surface area contributed by atoms with Crippen molar-refractivity contribution in [3.63, 3.8) is 0 Å². The van der Waals surface area contributed by atoms with Gasteiger partial charge in [0.15, 0.2) is 11.5 Å². The zero-order valence-electron chi connectivity index (χ0n) is 15.4. The molecule has 4 rings (SSSR count). The molecule has 27 heavy (non-hydrogen) atoms. The molecule has 7 nitrogen and oxygen atoms in total. The number of rotatable bonds is 4. The summed E-state index contributed by atoms with van der Waals surface area (Å²) in [5, 5.41) is 20.4. The van der Waals surface area contributed by atoms with E-state index in [4.69, 9.17) is 9.47 Å². The summed E-state index contributed by atoms with van der Waals surface area (Å²) in [6.07, 6.45) is 1.76. The van der Waals surface area contributed by atoms with Crippen LogP contribution >= 0.6 is 0 Å². The molecular weight excluding hydrogens is 350 g/mol. The average molecular weight is 375 g/mol. The van der Waals surface area contributed by atoms with E-state index in [0.29, 0.717) is 49.2 Å². The second kappa shape index (κ2) is 6.71. The van der Waals surface area contributed by atoms with Gasteiger partial charge in [-0.25, -0.2) is 0 Å². The topological polar surface area (TPSA) is 96.3 Å². The molecule has 1 amide bonds. The number of aliphatic hydroxyl groups excluding tert-OH is 1. The first-order valence-electron chi connectivity index (χ1n) is 9.52. The fourth-order valence-electron chi connectivity index (χ4n) is 4.18. The number of carbonyl (C=O) groups is 2. The minimum absolute atomic E-state index is 0.0344. The summed E-state index contributed by atoms with van der Waals surface area (Å²) in [6, 6.07) is 3.47. The van der Waals surface area contributed by atoms with Crippen LogP contribution in [0, 0.1) is 18.3 Å². The predicted octanol–water partition coefficient (Wildman–Crippen LogP) is 1.84. The van der Waals surface area contributed by atoms with E-state index in [0.717, 1.165) is 18.4 Å². The van der Waals surface area contributed by atoms with Gasteiger partial charge in [-0.3, -0.25) is 9.59 Å². The molecule has 1 saturated carbocycles. The maximum atomic E-state index is 13.2. The normalized spacial score (nSPS) is 27.3. The number of carbonyl (C=O) groups excluding carboxylic acids is 1. The van der Waals surface area contributed by atoms with Crippen molar-refractivity contribution in [2.75, 3.05) is 26.3 Å². The lowest BCUT2D eigenvalue weighted by Gasteiger charge is -2.43. The van der Waals surface area contributed by atoms with E-state index < -0.39 is 17.5 Å². The van der Waals surface area contributed by atoms with Crippen molar-refractivity contribution in [1.82, 2.24) is 4.90 Å². The third-order valence-electron chi connectivity index (χ3n) is 5.97. The van der Waals surface area contributed by atoms with Crippen molar-refractivity contribution in [1.29, 1.82) is 0 Å². The summed E-state index contributed by atoms with van der Waals surface area (Å²) in [7, 11) is 0. The van der Waals surface area contributed by atoms with Crippen molar-refractivity contribution in [3.05, 3.63) is 23.3 Å². The fraction of sp³-hybridized carbons (Fsp3) is 0.600. The van der Waals surface area contributed by atoms with Crippen LogP contribution in [0.5, 0.6) is 11.5 Å². The summed E-state index contributed by atoms with van der Waals surface area (Å²) in [5.41, 5.74) is -0.0311. The van der Waals surface area contributed by atoms with Gasteiger partial charge in [-0.2, -0.15) is 0 Å². The first-order chi connectivity index (χ1) is 12.9. The molecule has 2 N–H and O–H groups in total. The molecule has 0 bridgehead atoms. The molecule has 1 aliphatic carbocycles. The number of carboxylic acids is 1. The number of ether oxygens (including phenoxy) is 2. The van der Waals surface area contributed by atoms with Gasteiger partial charge >= 0.3 is 5.97 Å². The van der Waals surface area contributed by atoms with E-state index in [1.54, 1.807) is 17.0 Å². The Kier molecular flexibility index (Phi) is 4.50. The Bertz CT molecular complexity index is 774. The molecular formula is C20H25NO6. The van der Waals surface area contributed by atoms with Crippen LogP contribution in [0.1, 0.15) is 41.6 Å². The maximum Gasteiger partial charge on any atom is 0.314 e. The summed E-state index contributed by atoms with van der Waals surface area (Å²) >= 11 is 0. The van der Waals surface area contributed by atoms with E-state index in [2.05, 4.69) is 0 Å². The lowest BCUT2D eigenvalue weighted by molar-refractivity contribution is -0.163. The molecule has 2 atom stereocenters. The molecule has 1 saturated heterocycles. The molecule has 2 aliphatic heterocycles. The Hall–Kier alpha value is -2.28. The van der Waals surface area contributed by atoms with Crippen molar-refractivity contribution >= 4 is 11.9 Å². The Morgan fingerprint density at radius 2 is 1.85 bits per heavy atom. The van der Waals surface area contributed by atoms with E-state index in [9.17, 15) is 19.8 Å². The highest BCUT2D eigenvalue weighted by Gasteiger charge is 2.52. The van der Waals surface area contributed by atoms with Gasteiger partial charge in [0.2, 0.25) is 0 Å². The SMILES string of the molecule is Cc1cc2c(cc1C(=O)N1CC[C@H](O)[C@](CC3CC3)(C(=O)O)C1)OCCO2. The molecule has 3 aliphatic rings. The zero-order valence-corrected chi connectivity index (χ0v) is 15.4. The number of piperidine rings is 1. The number of nitrogens with zero attached hydrogens (tertiary/aromatic N) is 1. The summed E-state index contributed by atoms with van der Waals surface area (Å²) in [4.78, 5) is 26.8. The number of benzene rings is 1. The Labute approximate surface area is 157 Å². The van der Waals surface area contributed by atoms with Crippen LogP contribution in [0.25, 0.3) is 0 Å². The zero-order chi connectivity index (χ0) is 19.2. The van der Waals surface area contributed by atoms with Crippen molar-refractivity contribution < 1.29 is 29.3 Å². The molecule has 0 aromatic heterocycles. The van der Waals surface area contributed by atoms with Gasteiger partial charge in [0.1, 0.15) is 18.6 Å². The molecule has 2 heterocycles. The van der Waals surface area contributed by atoms with Gasteiger partial charge in [-0.05, 0) is 43.4 Å². The van der Waals surface area contributed by atoms with Crippen LogP contribution in [0.15, 0.2) is 12.1 Å². The number of amides is 1. The van der Waals surface area contributed by atoms with Crippen LogP contribution < -0.4 is 9.47 Å². The molecule has 0 radical (unpaired) electrons. The van der Waals surface area contributed by atoms with Crippen LogP contribution in [0.3, 0.4) is 0 Å². The molecule has 0 spiro atoms. The monoisotopic (exact) mass is 375 g/mol. The number of likely N-dealkylation sites (tertiary alicyclic amines) is 1. The Morgan fingerprint density at radius 3 is 2.48 bits per heavy atom. The molecule has 1 aromatic rings. The first kappa shape index (κ1) is 18.1. The highest BCUT2D eigenvalue weighted by molar-refractivity contribution is 5.97. The van der Waals surface area contributed by atoms with Gasteiger partial charge in [0.05, 0.1) is 6.10 Å². The molecule has 2 fully saturated rings. The first-order valence-corrected chi connectivity index (χ1v) is 9.52. The van der Waals surface area contributed by atoms with Crippen molar-refractivity contribution in [3.8, 4) is 11.5 Å². The van der Waals surface area contributed by atoms with Crippen LogP contribution in [0.4, 0.5) is 0 Å². The van der Waals surface area contributed by atoms with Gasteiger partial charge < -0.3 is 24.6 Å². The van der Waals surface area contributed by atoms with E-state index >= 15 is 0 Å². The third-order valence-corrected chi connectivity index (χ3v) is 5.97. The second-order valence-electron chi connectivity index (χ2n) is 7.95. The smallest absolute Gasteiger partial charge is 0.314 e. The number of hydrogen-bond acceptors (Lipinski definition) is 5. The number of hydrogen-bond donors (Lipinski definition) is 2. The van der Waals surface area contributed by atoms with Crippen LogP contribution in [-0.2, 0) is 4.79 Å². The van der Waals surface area contributed by atoms with Crippen molar-refractivity contribution in [2.24, 2.45) is 11.3 Å². The quantitative estimate of drug-likeness (QED) is 0.834. The number of fused-ring (bicyclic) bond motifs is 1.